The van der Waals surface area contributed by atoms with Gasteiger partial charge in [-0.2, -0.15) is 0 Å². The van der Waals surface area contributed by atoms with Crippen molar-refractivity contribution in [2.45, 2.75) is 0 Å². The minimum Gasteiger partial charge on any atom is -0.346 e. The van der Waals surface area contributed by atoms with E-state index >= 15 is 0 Å². The molecule has 4 rings (SSSR count). The van der Waals surface area contributed by atoms with Gasteiger partial charge >= 0.3 is 0 Å². The zero-order chi connectivity index (χ0) is 14.1. The number of aromatic nitrogens is 2. The van der Waals surface area contributed by atoms with Gasteiger partial charge in [-0.3, -0.25) is 0 Å². The number of fused-ring (bicyclic) bond motifs is 1. The number of hydrogen-bond acceptors (Lipinski definition) is 1. The molecule has 0 unspecified atom stereocenters. The van der Waals surface area contributed by atoms with Crippen LogP contribution in [-0.4, -0.2) is 9.97 Å². The third-order valence-electron chi connectivity index (χ3n) is 3.73. The Bertz CT molecular complexity index is 874. The van der Waals surface area contributed by atoms with Gasteiger partial charge in [-0.15, -0.1) is 0 Å². The molecule has 0 aliphatic rings. The average Bonchev–Trinajstić information content (AvgIpc) is 3.03. The van der Waals surface area contributed by atoms with Crippen molar-refractivity contribution in [1.82, 2.24) is 9.97 Å². The molecule has 0 bridgehead atoms. The van der Waals surface area contributed by atoms with E-state index in [2.05, 4.69) is 64.6 Å². The molecule has 4 aromatic rings. The van der Waals surface area contributed by atoms with Gasteiger partial charge in [-0.1, -0.05) is 54.6 Å². The van der Waals surface area contributed by atoms with E-state index < -0.39 is 0 Å². The maximum atomic E-state index is 4.44. The first-order valence-electron chi connectivity index (χ1n) is 6.99. The Labute approximate surface area is 123 Å². The third kappa shape index (κ3) is 2.21. The zero-order valence-electron chi connectivity index (χ0n) is 11.5. The van der Waals surface area contributed by atoms with Crippen LogP contribution in [0.2, 0.25) is 0 Å². The summed E-state index contributed by atoms with van der Waals surface area (Å²) in [6, 6.07) is 23.2. The van der Waals surface area contributed by atoms with Crippen LogP contribution in [0.25, 0.3) is 33.3 Å². The number of aromatic amines is 1. The van der Waals surface area contributed by atoms with Crippen molar-refractivity contribution in [2.75, 3.05) is 0 Å². The van der Waals surface area contributed by atoms with E-state index in [1.165, 1.54) is 16.7 Å². The quantitative estimate of drug-likeness (QED) is 0.551. The predicted molar refractivity (Wildman–Crippen MR) is 87.0 cm³/mol. The van der Waals surface area contributed by atoms with E-state index in [1.54, 1.807) is 0 Å². The molecule has 21 heavy (non-hydrogen) atoms. The molecule has 0 aliphatic carbocycles. The summed E-state index contributed by atoms with van der Waals surface area (Å²) in [5, 5.41) is 1.14. The van der Waals surface area contributed by atoms with Crippen molar-refractivity contribution in [3.8, 4) is 22.3 Å². The number of pyridine rings is 1. The highest BCUT2D eigenvalue weighted by atomic mass is 14.8. The Kier molecular flexibility index (Phi) is 2.79. The minimum absolute atomic E-state index is 0.930. The second-order valence-electron chi connectivity index (χ2n) is 5.08. The molecule has 0 amide bonds. The smallest absolute Gasteiger partial charge is 0.137 e. The SMILES string of the molecule is c1ccc(-c2ccc(-c3cnc4[nH]ccc4c3)cc2)cc1. The summed E-state index contributed by atoms with van der Waals surface area (Å²) in [6.45, 7) is 0. The fraction of sp³-hybridized carbons (Fsp3) is 0. The molecule has 100 valence electrons. The first-order valence-corrected chi connectivity index (χ1v) is 6.99. The Balaban J connectivity index is 1.72. The second-order valence-corrected chi connectivity index (χ2v) is 5.08. The van der Waals surface area contributed by atoms with Crippen molar-refractivity contribution in [3.63, 3.8) is 0 Å². The standard InChI is InChI=1S/C19H14N2/c1-2-4-14(5-3-1)15-6-8-16(9-7-15)18-12-17-10-11-20-19(17)21-13-18/h1-13H,(H,20,21). The fourth-order valence-corrected chi connectivity index (χ4v) is 2.58. The lowest BCUT2D eigenvalue weighted by Crippen LogP contribution is -1.82. The summed E-state index contributed by atoms with van der Waals surface area (Å²) < 4.78 is 0. The van der Waals surface area contributed by atoms with Crippen LogP contribution in [0, 0.1) is 0 Å². The number of nitrogens with one attached hydrogen (secondary N) is 1. The lowest BCUT2D eigenvalue weighted by atomic mass is 10.0. The molecule has 0 aliphatic heterocycles. The summed E-state index contributed by atoms with van der Waals surface area (Å²) in [7, 11) is 0. The van der Waals surface area contributed by atoms with Gasteiger partial charge in [0.2, 0.25) is 0 Å². The number of rotatable bonds is 2. The van der Waals surface area contributed by atoms with Crippen LogP contribution >= 0.6 is 0 Å². The molecule has 2 nitrogen and oxygen atoms in total. The first kappa shape index (κ1) is 11.9. The van der Waals surface area contributed by atoms with Crippen molar-refractivity contribution in [2.24, 2.45) is 0 Å². The van der Waals surface area contributed by atoms with Crippen LogP contribution in [0.1, 0.15) is 0 Å². The number of hydrogen-bond donors (Lipinski definition) is 1. The Morgan fingerprint density at radius 2 is 1.33 bits per heavy atom. The van der Waals surface area contributed by atoms with Crippen LogP contribution in [0.5, 0.6) is 0 Å². The van der Waals surface area contributed by atoms with Gasteiger partial charge in [0.1, 0.15) is 5.65 Å². The molecule has 0 saturated heterocycles. The van der Waals surface area contributed by atoms with Crippen molar-refractivity contribution >= 4 is 11.0 Å². The van der Waals surface area contributed by atoms with Gasteiger partial charge in [0.25, 0.3) is 0 Å². The molecule has 2 heteroatoms. The summed E-state index contributed by atoms with van der Waals surface area (Å²) in [5.74, 6) is 0. The van der Waals surface area contributed by atoms with E-state index in [1.807, 2.05) is 24.5 Å². The largest absolute Gasteiger partial charge is 0.346 e. The van der Waals surface area contributed by atoms with Gasteiger partial charge in [0, 0.05) is 23.3 Å². The lowest BCUT2D eigenvalue weighted by Gasteiger charge is -2.05. The summed E-state index contributed by atoms with van der Waals surface area (Å²) in [6.07, 6.45) is 3.83. The molecule has 0 atom stereocenters. The predicted octanol–water partition coefficient (Wildman–Crippen LogP) is 4.90. The molecule has 0 radical (unpaired) electrons. The normalized spacial score (nSPS) is 10.9. The molecular formula is C19H14N2. The van der Waals surface area contributed by atoms with Crippen LogP contribution in [0.15, 0.2) is 79.1 Å². The van der Waals surface area contributed by atoms with Gasteiger partial charge in [-0.05, 0) is 28.8 Å². The topological polar surface area (TPSA) is 28.7 Å². The molecule has 0 saturated carbocycles. The molecule has 2 aromatic carbocycles. The first-order chi connectivity index (χ1) is 10.4. The molecule has 0 spiro atoms. The maximum absolute atomic E-state index is 4.44. The zero-order valence-corrected chi connectivity index (χ0v) is 11.5. The van der Waals surface area contributed by atoms with Crippen LogP contribution in [-0.2, 0) is 0 Å². The van der Waals surface area contributed by atoms with Crippen molar-refractivity contribution in [1.29, 1.82) is 0 Å². The lowest BCUT2D eigenvalue weighted by molar-refractivity contribution is 1.33. The maximum Gasteiger partial charge on any atom is 0.137 e. The van der Waals surface area contributed by atoms with E-state index in [9.17, 15) is 0 Å². The second kappa shape index (κ2) is 4.91. The van der Waals surface area contributed by atoms with E-state index in [4.69, 9.17) is 0 Å². The molecular weight excluding hydrogens is 256 g/mol. The van der Waals surface area contributed by atoms with Crippen LogP contribution < -0.4 is 0 Å². The number of nitrogens with zero attached hydrogens (tertiary/aromatic N) is 1. The Morgan fingerprint density at radius 1 is 0.667 bits per heavy atom. The van der Waals surface area contributed by atoms with E-state index in [-0.39, 0.29) is 0 Å². The number of benzene rings is 2. The Morgan fingerprint density at radius 3 is 2.10 bits per heavy atom. The molecule has 1 N–H and O–H groups in total. The molecule has 2 heterocycles. The third-order valence-corrected chi connectivity index (χ3v) is 3.73. The summed E-state index contributed by atoms with van der Waals surface area (Å²) >= 11 is 0. The van der Waals surface area contributed by atoms with Crippen LogP contribution in [0.4, 0.5) is 0 Å². The van der Waals surface area contributed by atoms with Crippen LogP contribution in [0.3, 0.4) is 0 Å². The molecule has 2 aromatic heterocycles. The van der Waals surface area contributed by atoms with Gasteiger partial charge in [0.15, 0.2) is 0 Å². The summed E-state index contributed by atoms with van der Waals surface area (Å²) in [5.41, 5.74) is 5.73. The molecule has 0 fully saturated rings. The highest BCUT2D eigenvalue weighted by Gasteiger charge is 2.02. The minimum atomic E-state index is 0.930. The highest BCUT2D eigenvalue weighted by molar-refractivity contribution is 5.81. The fourth-order valence-electron chi connectivity index (χ4n) is 2.58. The van der Waals surface area contributed by atoms with Gasteiger partial charge in [0.05, 0.1) is 0 Å². The van der Waals surface area contributed by atoms with Gasteiger partial charge < -0.3 is 4.98 Å². The van der Waals surface area contributed by atoms with E-state index in [0.717, 1.165) is 16.6 Å². The van der Waals surface area contributed by atoms with Gasteiger partial charge in [-0.25, -0.2) is 4.98 Å². The highest BCUT2D eigenvalue weighted by Crippen LogP contribution is 2.26. The number of H-pyrrole nitrogens is 1. The summed E-state index contributed by atoms with van der Waals surface area (Å²) in [4.78, 5) is 7.56. The van der Waals surface area contributed by atoms with E-state index in [0.29, 0.717) is 0 Å². The van der Waals surface area contributed by atoms with Crippen molar-refractivity contribution in [3.05, 3.63) is 79.1 Å². The Hall–Kier alpha value is -2.87. The average molecular weight is 270 g/mol. The van der Waals surface area contributed by atoms with Crippen molar-refractivity contribution < 1.29 is 0 Å². The monoisotopic (exact) mass is 270 g/mol.